The molecule has 1 aromatic carbocycles. The van der Waals surface area contributed by atoms with Gasteiger partial charge in [0.1, 0.15) is 11.8 Å². The molecule has 1 aromatic heterocycles. The molecule has 5 heteroatoms. The first kappa shape index (κ1) is 11.7. The van der Waals surface area contributed by atoms with E-state index in [2.05, 4.69) is 21.4 Å². The lowest BCUT2D eigenvalue weighted by molar-refractivity contribution is 0.452. The Kier molecular flexibility index (Phi) is 3.66. The molecule has 0 aliphatic rings. The number of rotatable bonds is 3. The summed E-state index contributed by atoms with van der Waals surface area (Å²) >= 11 is 9.53. The zero-order chi connectivity index (χ0) is 11.5. The second kappa shape index (κ2) is 5.01. The van der Waals surface area contributed by atoms with E-state index in [9.17, 15) is 0 Å². The fourth-order valence-corrected chi connectivity index (χ4v) is 2.12. The largest absolute Gasteiger partial charge is 0.467 e. The van der Waals surface area contributed by atoms with Gasteiger partial charge in [-0.25, -0.2) is 5.43 Å². The predicted octanol–water partition coefficient (Wildman–Crippen LogP) is 3.25. The molecule has 84 valence electrons. The van der Waals surface area contributed by atoms with Gasteiger partial charge in [0.25, 0.3) is 0 Å². The average molecular weight is 302 g/mol. The lowest BCUT2D eigenvalue weighted by atomic mass is 10.1. The van der Waals surface area contributed by atoms with Crippen molar-refractivity contribution in [3.05, 3.63) is 57.4 Å². The zero-order valence-corrected chi connectivity index (χ0v) is 10.6. The molecule has 1 unspecified atom stereocenters. The van der Waals surface area contributed by atoms with Crippen LogP contribution in [-0.2, 0) is 0 Å². The standard InChI is InChI=1S/C11H10BrClN2O/c12-7-3-4-9(13)8(6-7)11(15-14)10-2-1-5-16-10/h1-6,11,15H,14H2. The van der Waals surface area contributed by atoms with Crippen LogP contribution < -0.4 is 11.3 Å². The highest BCUT2D eigenvalue weighted by Gasteiger charge is 2.18. The zero-order valence-electron chi connectivity index (χ0n) is 8.28. The molecule has 0 aliphatic heterocycles. The number of halogens is 2. The summed E-state index contributed by atoms with van der Waals surface area (Å²) in [7, 11) is 0. The molecule has 2 aromatic rings. The molecule has 0 bridgehead atoms. The number of nitrogens with two attached hydrogens (primary N) is 1. The predicted molar refractivity (Wildman–Crippen MR) is 67.0 cm³/mol. The Morgan fingerprint density at radius 1 is 1.38 bits per heavy atom. The lowest BCUT2D eigenvalue weighted by Crippen LogP contribution is -2.28. The van der Waals surface area contributed by atoms with Crippen molar-refractivity contribution in [3.8, 4) is 0 Å². The average Bonchev–Trinajstić information content (AvgIpc) is 2.78. The van der Waals surface area contributed by atoms with Crippen molar-refractivity contribution in [3.63, 3.8) is 0 Å². The van der Waals surface area contributed by atoms with Crippen LogP contribution in [0.5, 0.6) is 0 Å². The van der Waals surface area contributed by atoms with E-state index in [0.717, 1.165) is 15.8 Å². The number of furan rings is 1. The lowest BCUT2D eigenvalue weighted by Gasteiger charge is -2.15. The van der Waals surface area contributed by atoms with E-state index in [1.165, 1.54) is 0 Å². The number of benzene rings is 1. The molecule has 1 atom stereocenters. The highest BCUT2D eigenvalue weighted by atomic mass is 79.9. The minimum absolute atomic E-state index is 0.250. The quantitative estimate of drug-likeness (QED) is 0.676. The molecule has 16 heavy (non-hydrogen) atoms. The first-order valence-corrected chi connectivity index (χ1v) is 5.84. The van der Waals surface area contributed by atoms with Gasteiger partial charge >= 0.3 is 0 Å². The second-order valence-corrected chi connectivity index (χ2v) is 4.60. The highest BCUT2D eigenvalue weighted by molar-refractivity contribution is 9.10. The van der Waals surface area contributed by atoms with Gasteiger partial charge in [-0.15, -0.1) is 0 Å². The molecule has 3 N–H and O–H groups in total. The van der Waals surface area contributed by atoms with E-state index in [1.54, 1.807) is 6.26 Å². The molecule has 0 amide bonds. The Morgan fingerprint density at radius 2 is 2.19 bits per heavy atom. The van der Waals surface area contributed by atoms with E-state index >= 15 is 0 Å². The maximum absolute atomic E-state index is 6.13. The van der Waals surface area contributed by atoms with Crippen molar-refractivity contribution in [2.24, 2.45) is 5.84 Å². The minimum atomic E-state index is -0.250. The van der Waals surface area contributed by atoms with E-state index in [1.807, 2.05) is 30.3 Å². The Bertz CT molecular complexity index is 473. The third-order valence-corrected chi connectivity index (χ3v) is 3.10. The van der Waals surface area contributed by atoms with Crippen LogP contribution in [0.15, 0.2) is 45.5 Å². The molecule has 3 nitrogen and oxygen atoms in total. The van der Waals surface area contributed by atoms with Gasteiger partial charge < -0.3 is 4.42 Å². The van der Waals surface area contributed by atoms with Crippen LogP contribution in [0, 0.1) is 0 Å². The summed E-state index contributed by atoms with van der Waals surface area (Å²) in [6.45, 7) is 0. The van der Waals surface area contributed by atoms with Gasteiger partial charge in [-0.2, -0.15) is 0 Å². The smallest absolute Gasteiger partial charge is 0.126 e. The van der Waals surface area contributed by atoms with Crippen LogP contribution >= 0.6 is 27.5 Å². The van der Waals surface area contributed by atoms with E-state index in [4.69, 9.17) is 21.9 Å². The van der Waals surface area contributed by atoms with Gasteiger partial charge in [0, 0.05) is 9.50 Å². The Labute approximate surface area is 107 Å². The highest BCUT2D eigenvalue weighted by Crippen LogP contribution is 2.30. The fraction of sp³-hybridized carbons (Fsp3) is 0.0909. The van der Waals surface area contributed by atoms with Crippen LogP contribution in [-0.4, -0.2) is 0 Å². The first-order chi connectivity index (χ1) is 7.72. The maximum atomic E-state index is 6.13. The summed E-state index contributed by atoms with van der Waals surface area (Å²) in [5.41, 5.74) is 3.56. The molecule has 0 radical (unpaired) electrons. The summed E-state index contributed by atoms with van der Waals surface area (Å²) in [5.74, 6) is 6.26. The van der Waals surface area contributed by atoms with Gasteiger partial charge in [0.05, 0.1) is 6.26 Å². The van der Waals surface area contributed by atoms with Crippen molar-refractivity contribution in [2.45, 2.75) is 6.04 Å². The van der Waals surface area contributed by atoms with Gasteiger partial charge in [-0.05, 0) is 35.9 Å². The number of hydrogen-bond donors (Lipinski definition) is 2. The molecule has 2 rings (SSSR count). The molecule has 0 spiro atoms. The van der Waals surface area contributed by atoms with Gasteiger partial charge in [0.15, 0.2) is 0 Å². The Morgan fingerprint density at radius 3 is 2.81 bits per heavy atom. The van der Waals surface area contributed by atoms with Gasteiger partial charge in [-0.3, -0.25) is 5.84 Å². The van der Waals surface area contributed by atoms with Gasteiger partial charge in [-0.1, -0.05) is 27.5 Å². The topological polar surface area (TPSA) is 51.2 Å². The molecule has 0 aliphatic carbocycles. The first-order valence-electron chi connectivity index (χ1n) is 4.67. The maximum Gasteiger partial charge on any atom is 0.126 e. The number of hydrazine groups is 1. The van der Waals surface area contributed by atoms with Crippen molar-refractivity contribution in [2.75, 3.05) is 0 Å². The molecular weight excluding hydrogens is 291 g/mol. The minimum Gasteiger partial charge on any atom is -0.467 e. The van der Waals surface area contributed by atoms with Crippen molar-refractivity contribution in [1.82, 2.24) is 5.43 Å². The third kappa shape index (κ3) is 2.30. The summed E-state index contributed by atoms with van der Waals surface area (Å²) in [6.07, 6.45) is 1.60. The van der Waals surface area contributed by atoms with Crippen molar-refractivity contribution < 1.29 is 4.42 Å². The monoisotopic (exact) mass is 300 g/mol. The second-order valence-electron chi connectivity index (χ2n) is 3.28. The van der Waals surface area contributed by atoms with E-state index in [-0.39, 0.29) is 6.04 Å². The molecule has 0 fully saturated rings. The Hall–Kier alpha value is -0.810. The van der Waals surface area contributed by atoms with Gasteiger partial charge in [0.2, 0.25) is 0 Å². The van der Waals surface area contributed by atoms with Crippen LogP contribution in [0.2, 0.25) is 5.02 Å². The summed E-state index contributed by atoms with van der Waals surface area (Å²) in [5, 5.41) is 0.641. The van der Waals surface area contributed by atoms with Crippen LogP contribution in [0.4, 0.5) is 0 Å². The summed E-state index contributed by atoms with van der Waals surface area (Å²) < 4.78 is 6.26. The van der Waals surface area contributed by atoms with E-state index < -0.39 is 0 Å². The van der Waals surface area contributed by atoms with Crippen LogP contribution in [0.25, 0.3) is 0 Å². The molecular formula is C11H10BrClN2O. The van der Waals surface area contributed by atoms with Crippen LogP contribution in [0.3, 0.4) is 0 Å². The van der Waals surface area contributed by atoms with E-state index in [0.29, 0.717) is 5.02 Å². The normalized spacial score (nSPS) is 12.7. The molecule has 1 heterocycles. The fourth-order valence-electron chi connectivity index (χ4n) is 1.52. The molecule has 0 saturated heterocycles. The van der Waals surface area contributed by atoms with Crippen LogP contribution in [0.1, 0.15) is 17.4 Å². The number of hydrogen-bond acceptors (Lipinski definition) is 3. The number of nitrogens with one attached hydrogen (secondary N) is 1. The Balaban J connectivity index is 2.44. The van der Waals surface area contributed by atoms with Crippen molar-refractivity contribution in [1.29, 1.82) is 0 Å². The SMILES string of the molecule is NNC(c1ccco1)c1cc(Br)ccc1Cl. The van der Waals surface area contributed by atoms with Crippen molar-refractivity contribution >= 4 is 27.5 Å². The summed E-state index contributed by atoms with van der Waals surface area (Å²) in [6, 6.07) is 9.01. The summed E-state index contributed by atoms with van der Waals surface area (Å²) in [4.78, 5) is 0. The molecule has 0 saturated carbocycles. The third-order valence-electron chi connectivity index (χ3n) is 2.26.